The molecule has 1 aromatic carbocycles. The Balaban J connectivity index is 1.82. The zero-order valence-corrected chi connectivity index (χ0v) is 12.1. The molecule has 2 amide bonds. The molecule has 21 heavy (non-hydrogen) atoms. The Kier molecular flexibility index (Phi) is 5.71. The standard InChI is InChI=1S/C15H22N4O2/c16-14(20)10-12-2-4-13(5-3-12)18-15(21)11-19-8-1-6-17-7-9-19/h2-5,17H,1,6-11H2,(H2,16,20)(H,18,21). The van der Waals surface area contributed by atoms with Crippen LogP contribution in [0.15, 0.2) is 24.3 Å². The van der Waals surface area contributed by atoms with Gasteiger partial charge in [0.1, 0.15) is 0 Å². The molecule has 1 heterocycles. The normalized spacial score (nSPS) is 16.2. The SMILES string of the molecule is NC(=O)Cc1ccc(NC(=O)CN2CCCNCC2)cc1. The Morgan fingerprint density at radius 1 is 1.19 bits per heavy atom. The first-order valence-electron chi connectivity index (χ1n) is 7.23. The van der Waals surface area contributed by atoms with Crippen molar-refractivity contribution in [2.24, 2.45) is 5.73 Å². The molecule has 0 aliphatic carbocycles. The second-order valence-corrected chi connectivity index (χ2v) is 5.27. The lowest BCUT2D eigenvalue weighted by Crippen LogP contribution is -2.35. The van der Waals surface area contributed by atoms with Crippen molar-refractivity contribution in [3.8, 4) is 0 Å². The van der Waals surface area contributed by atoms with Crippen molar-refractivity contribution < 1.29 is 9.59 Å². The van der Waals surface area contributed by atoms with Crippen molar-refractivity contribution in [2.75, 3.05) is 38.0 Å². The Hall–Kier alpha value is -1.92. The average molecular weight is 290 g/mol. The van der Waals surface area contributed by atoms with Gasteiger partial charge >= 0.3 is 0 Å². The molecule has 114 valence electrons. The fourth-order valence-corrected chi connectivity index (χ4v) is 2.37. The summed E-state index contributed by atoms with van der Waals surface area (Å²) in [4.78, 5) is 25.0. The lowest BCUT2D eigenvalue weighted by atomic mass is 10.1. The number of nitrogens with one attached hydrogen (secondary N) is 2. The maximum Gasteiger partial charge on any atom is 0.238 e. The van der Waals surface area contributed by atoms with Crippen LogP contribution in [0.4, 0.5) is 5.69 Å². The van der Waals surface area contributed by atoms with E-state index in [1.165, 1.54) is 0 Å². The summed E-state index contributed by atoms with van der Waals surface area (Å²) in [6.45, 7) is 4.18. The maximum atomic E-state index is 12.0. The Morgan fingerprint density at radius 3 is 2.67 bits per heavy atom. The molecular formula is C15H22N4O2. The van der Waals surface area contributed by atoms with E-state index in [9.17, 15) is 9.59 Å². The van der Waals surface area contributed by atoms with E-state index < -0.39 is 0 Å². The van der Waals surface area contributed by atoms with Crippen molar-refractivity contribution >= 4 is 17.5 Å². The number of hydrogen-bond donors (Lipinski definition) is 3. The minimum absolute atomic E-state index is 0.0143. The topological polar surface area (TPSA) is 87.5 Å². The fourth-order valence-electron chi connectivity index (χ4n) is 2.37. The van der Waals surface area contributed by atoms with Gasteiger partial charge in [-0.2, -0.15) is 0 Å². The predicted molar refractivity (Wildman–Crippen MR) is 81.9 cm³/mol. The molecule has 6 heteroatoms. The molecule has 0 radical (unpaired) electrons. The smallest absolute Gasteiger partial charge is 0.238 e. The molecule has 0 aromatic heterocycles. The van der Waals surface area contributed by atoms with Crippen LogP contribution in [0.5, 0.6) is 0 Å². The highest BCUT2D eigenvalue weighted by atomic mass is 16.2. The number of nitrogens with zero attached hydrogens (tertiary/aromatic N) is 1. The van der Waals surface area contributed by atoms with Gasteiger partial charge in [0.15, 0.2) is 0 Å². The minimum atomic E-state index is -0.360. The molecule has 2 rings (SSSR count). The van der Waals surface area contributed by atoms with E-state index in [-0.39, 0.29) is 18.2 Å². The van der Waals surface area contributed by atoms with Gasteiger partial charge in [-0.25, -0.2) is 0 Å². The summed E-state index contributed by atoms with van der Waals surface area (Å²) in [5, 5.41) is 6.18. The second kappa shape index (κ2) is 7.75. The van der Waals surface area contributed by atoms with E-state index >= 15 is 0 Å². The van der Waals surface area contributed by atoms with Crippen LogP contribution in [0.2, 0.25) is 0 Å². The minimum Gasteiger partial charge on any atom is -0.369 e. The predicted octanol–water partition coefficient (Wildman–Crippen LogP) is -0.0518. The summed E-state index contributed by atoms with van der Waals surface area (Å²) in [7, 11) is 0. The monoisotopic (exact) mass is 290 g/mol. The summed E-state index contributed by atoms with van der Waals surface area (Å²) >= 11 is 0. The summed E-state index contributed by atoms with van der Waals surface area (Å²) in [6.07, 6.45) is 1.28. The Labute approximate surface area is 124 Å². The van der Waals surface area contributed by atoms with Gasteiger partial charge in [-0.3, -0.25) is 14.5 Å². The van der Waals surface area contributed by atoms with Crippen molar-refractivity contribution in [3.63, 3.8) is 0 Å². The molecule has 0 atom stereocenters. The van der Waals surface area contributed by atoms with Gasteiger partial charge in [0, 0.05) is 18.8 Å². The van der Waals surface area contributed by atoms with Crippen LogP contribution in [0, 0.1) is 0 Å². The molecular weight excluding hydrogens is 268 g/mol. The van der Waals surface area contributed by atoms with Gasteiger partial charge in [-0.15, -0.1) is 0 Å². The molecule has 0 bridgehead atoms. The van der Waals surface area contributed by atoms with E-state index in [1.807, 2.05) is 0 Å². The van der Waals surface area contributed by atoms with Crippen LogP contribution in [0.1, 0.15) is 12.0 Å². The fraction of sp³-hybridized carbons (Fsp3) is 0.467. The van der Waals surface area contributed by atoms with Gasteiger partial charge < -0.3 is 16.4 Å². The molecule has 1 aromatic rings. The van der Waals surface area contributed by atoms with Crippen molar-refractivity contribution in [1.82, 2.24) is 10.2 Å². The number of carbonyl (C=O) groups excluding carboxylic acids is 2. The van der Waals surface area contributed by atoms with E-state index in [1.54, 1.807) is 24.3 Å². The van der Waals surface area contributed by atoms with E-state index in [2.05, 4.69) is 15.5 Å². The molecule has 6 nitrogen and oxygen atoms in total. The summed E-state index contributed by atoms with van der Waals surface area (Å²) in [6, 6.07) is 7.19. The molecule has 0 spiro atoms. The Morgan fingerprint density at radius 2 is 1.95 bits per heavy atom. The zero-order chi connectivity index (χ0) is 15.1. The van der Waals surface area contributed by atoms with Gasteiger partial charge in [0.05, 0.1) is 13.0 Å². The van der Waals surface area contributed by atoms with Gasteiger partial charge in [0.25, 0.3) is 0 Å². The van der Waals surface area contributed by atoms with Gasteiger partial charge in [-0.05, 0) is 37.2 Å². The number of amides is 2. The number of nitrogens with two attached hydrogens (primary N) is 1. The molecule has 1 fully saturated rings. The first kappa shape index (κ1) is 15.5. The number of carbonyl (C=O) groups is 2. The third-order valence-corrected chi connectivity index (χ3v) is 3.42. The van der Waals surface area contributed by atoms with Crippen LogP contribution in [0.25, 0.3) is 0 Å². The van der Waals surface area contributed by atoms with Crippen molar-refractivity contribution in [2.45, 2.75) is 12.8 Å². The molecule has 0 unspecified atom stereocenters. The lowest BCUT2D eigenvalue weighted by Gasteiger charge is -2.18. The van der Waals surface area contributed by atoms with Crippen molar-refractivity contribution in [1.29, 1.82) is 0 Å². The first-order valence-corrected chi connectivity index (χ1v) is 7.23. The number of benzene rings is 1. The third-order valence-electron chi connectivity index (χ3n) is 3.42. The van der Waals surface area contributed by atoms with Crippen LogP contribution >= 0.6 is 0 Å². The first-order chi connectivity index (χ1) is 10.1. The van der Waals surface area contributed by atoms with Crippen LogP contribution < -0.4 is 16.4 Å². The number of rotatable bonds is 5. The number of hydrogen-bond acceptors (Lipinski definition) is 4. The lowest BCUT2D eigenvalue weighted by molar-refractivity contribution is -0.118. The molecule has 1 aliphatic rings. The van der Waals surface area contributed by atoms with E-state index in [0.717, 1.165) is 43.9 Å². The summed E-state index contributed by atoms with van der Waals surface area (Å²) in [5.74, 6) is -0.374. The summed E-state index contributed by atoms with van der Waals surface area (Å²) < 4.78 is 0. The molecule has 4 N–H and O–H groups in total. The van der Waals surface area contributed by atoms with E-state index in [4.69, 9.17) is 5.73 Å². The quantitative estimate of drug-likeness (QED) is 0.709. The molecule has 1 saturated heterocycles. The van der Waals surface area contributed by atoms with E-state index in [0.29, 0.717) is 6.54 Å². The average Bonchev–Trinajstić information content (AvgIpc) is 2.69. The van der Waals surface area contributed by atoms with Crippen LogP contribution in [-0.2, 0) is 16.0 Å². The van der Waals surface area contributed by atoms with Crippen LogP contribution in [-0.4, -0.2) is 49.4 Å². The van der Waals surface area contributed by atoms with Crippen molar-refractivity contribution in [3.05, 3.63) is 29.8 Å². The highest BCUT2D eigenvalue weighted by molar-refractivity contribution is 5.92. The maximum absolute atomic E-state index is 12.0. The second-order valence-electron chi connectivity index (χ2n) is 5.27. The van der Waals surface area contributed by atoms with Crippen LogP contribution in [0.3, 0.4) is 0 Å². The van der Waals surface area contributed by atoms with Gasteiger partial charge in [-0.1, -0.05) is 12.1 Å². The number of primary amides is 1. The Bertz CT molecular complexity index is 479. The third kappa shape index (κ3) is 5.53. The summed E-state index contributed by atoms with van der Waals surface area (Å²) in [5.41, 5.74) is 6.72. The highest BCUT2D eigenvalue weighted by Gasteiger charge is 2.12. The molecule has 0 saturated carbocycles. The zero-order valence-electron chi connectivity index (χ0n) is 12.1. The highest BCUT2D eigenvalue weighted by Crippen LogP contribution is 2.10. The number of anilines is 1. The molecule has 1 aliphatic heterocycles. The largest absolute Gasteiger partial charge is 0.369 e. The van der Waals surface area contributed by atoms with Gasteiger partial charge in [0.2, 0.25) is 11.8 Å².